The van der Waals surface area contributed by atoms with E-state index in [1.165, 1.54) is 12.1 Å². The van der Waals surface area contributed by atoms with Crippen molar-refractivity contribution in [3.63, 3.8) is 0 Å². The van der Waals surface area contributed by atoms with Crippen molar-refractivity contribution in [2.45, 2.75) is 18.7 Å². The van der Waals surface area contributed by atoms with Crippen molar-refractivity contribution in [2.75, 3.05) is 6.54 Å². The van der Waals surface area contributed by atoms with Gasteiger partial charge in [0.2, 0.25) is 0 Å². The standard InChI is InChI=1S/C10H11BrF3NO/c11-8-2-1-6(9(16)3-4-15)5-7(8)10(12,13)14/h1-2,5,9,16H,3-4,15H2. The molecule has 0 aliphatic heterocycles. The minimum Gasteiger partial charge on any atom is -0.388 e. The predicted molar refractivity (Wildman–Crippen MR) is 57.8 cm³/mol. The third-order valence-electron chi connectivity index (χ3n) is 2.12. The molecule has 0 radical (unpaired) electrons. The molecule has 6 heteroatoms. The monoisotopic (exact) mass is 297 g/mol. The first-order valence-corrected chi connectivity index (χ1v) is 5.40. The first-order chi connectivity index (χ1) is 7.36. The van der Waals surface area contributed by atoms with Crippen molar-refractivity contribution in [1.29, 1.82) is 0 Å². The van der Waals surface area contributed by atoms with E-state index in [4.69, 9.17) is 5.73 Å². The highest BCUT2D eigenvalue weighted by atomic mass is 79.9. The summed E-state index contributed by atoms with van der Waals surface area (Å²) in [6.45, 7) is 0.221. The molecule has 0 fully saturated rings. The summed E-state index contributed by atoms with van der Waals surface area (Å²) in [6.07, 6.45) is -5.16. The molecular weight excluding hydrogens is 287 g/mol. The molecule has 1 aromatic carbocycles. The van der Waals surface area contributed by atoms with Crippen LogP contribution in [0, 0.1) is 0 Å². The molecule has 1 atom stereocenters. The molecule has 1 rings (SSSR count). The molecule has 0 amide bonds. The van der Waals surface area contributed by atoms with E-state index in [9.17, 15) is 18.3 Å². The molecule has 1 aromatic rings. The maximum absolute atomic E-state index is 12.5. The summed E-state index contributed by atoms with van der Waals surface area (Å²) in [4.78, 5) is 0. The van der Waals surface area contributed by atoms with Gasteiger partial charge in [0.1, 0.15) is 0 Å². The first-order valence-electron chi connectivity index (χ1n) is 4.61. The predicted octanol–water partition coefficient (Wildman–Crippen LogP) is 2.85. The zero-order valence-electron chi connectivity index (χ0n) is 8.26. The quantitative estimate of drug-likeness (QED) is 0.901. The summed E-state index contributed by atoms with van der Waals surface area (Å²) in [5, 5.41) is 9.54. The zero-order valence-corrected chi connectivity index (χ0v) is 9.85. The van der Waals surface area contributed by atoms with Crippen molar-refractivity contribution in [3.8, 4) is 0 Å². The van der Waals surface area contributed by atoms with Gasteiger partial charge in [-0.1, -0.05) is 22.0 Å². The van der Waals surface area contributed by atoms with Gasteiger partial charge in [-0.25, -0.2) is 0 Å². The maximum atomic E-state index is 12.5. The van der Waals surface area contributed by atoms with Gasteiger partial charge in [0, 0.05) is 4.47 Å². The van der Waals surface area contributed by atoms with Crippen LogP contribution < -0.4 is 5.73 Å². The molecule has 0 aromatic heterocycles. The zero-order chi connectivity index (χ0) is 12.3. The third-order valence-corrected chi connectivity index (χ3v) is 2.81. The highest BCUT2D eigenvalue weighted by Gasteiger charge is 2.33. The molecule has 90 valence electrons. The van der Waals surface area contributed by atoms with Crippen LogP contribution in [0.4, 0.5) is 13.2 Å². The lowest BCUT2D eigenvalue weighted by molar-refractivity contribution is -0.138. The smallest absolute Gasteiger partial charge is 0.388 e. The van der Waals surface area contributed by atoms with Gasteiger partial charge in [0.25, 0.3) is 0 Å². The Morgan fingerprint density at radius 2 is 2.00 bits per heavy atom. The second-order valence-corrected chi connectivity index (χ2v) is 4.18. The summed E-state index contributed by atoms with van der Waals surface area (Å²) in [5.41, 5.74) is 4.66. The molecule has 0 aliphatic rings. The van der Waals surface area contributed by atoms with Crippen LogP contribution in [0.15, 0.2) is 22.7 Å². The number of aliphatic hydroxyl groups excluding tert-OH is 1. The average Bonchev–Trinajstić information content (AvgIpc) is 2.16. The second-order valence-electron chi connectivity index (χ2n) is 3.33. The molecule has 0 spiro atoms. The van der Waals surface area contributed by atoms with Crippen molar-refractivity contribution < 1.29 is 18.3 Å². The number of hydrogen-bond donors (Lipinski definition) is 2. The number of nitrogens with two attached hydrogens (primary N) is 1. The van der Waals surface area contributed by atoms with Crippen LogP contribution in [0.5, 0.6) is 0 Å². The van der Waals surface area contributed by atoms with Crippen LogP contribution in [-0.4, -0.2) is 11.7 Å². The van der Waals surface area contributed by atoms with E-state index in [0.29, 0.717) is 0 Å². The Labute approximate surface area is 99.4 Å². The minimum absolute atomic E-state index is 0.0382. The van der Waals surface area contributed by atoms with Crippen molar-refractivity contribution >= 4 is 15.9 Å². The summed E-state index contributed by atoms with van der Waals surface area (Å²) in [7, 11) is 0. The lowest BCUT2D eigenvalue weighted by atomic mass is 10.0. The van der Waals surface area contributed by atoms with E-state index in [1.807, 2.05) is 0 Å². The van der Waals surface area contributed by atoms with Gasteiger partial charge in [-0.15, -0.1) is 0 Å². The van der Waals surface area contributed by atoms with E-state index in [-0.39, 0.29) is 23.0 Å². The Kier molecular flexibility index (Phi) is 4.35. The Hall–Kier alpha value is -0.590. The summed E-state index contributed by atoms with van der Waals surface area (Å²) < 4.78 is 37.6. The fraction of sp³-hybridized carbons (Fsp3) is 0.400. The topological polar surface area (TPSA) is 46.2 Å². The van der Waals surface area contributed by atoms with Crippen LogP contribution >= 0.6 is 15.9 Å². The normalized spacial score (nSPS) is 13.9. The largest absolute Gasteiger partial charge is 0.417 e. The van der Waals surface area contributed by atoms with Crippen LogP contribution in [0.1, 0.15) is 23.7 Å². The van der Waals surface area contributed by atoms with Crippen LogP contribution in [0.2, 0.25) is 0 Å². The van der Waals surface area contributed by atoms with E-state index >= 15 is 0 Å². The lowest BCUT2D eigenvalue weighted by Crippen LogP contribution is -2.10. The van der Waals surface area contributed by atoms with E-state index in [1.54, 1.807) is 0 Å². The van der Waals surface area contributed by atoms with Crippen LogP contribution in [0.3, 0.4) is 0 Å². The number of aliphatic hydroxyl groups is 1. The number of hydrogen-bond acceptors (Lipinski definition) is 2. The van der Waals surface area contributed by atoms with E-state index in [0.717, 1.165) is 6.07 Å². The Morgan fingerprint density at radius 3 is 2.50 bits per heavy atom. The number of rotatable bonds is 3. The lowest BCUT2D eigenvalue weighted by Gasteiger charge is -2.14. The fourth-order valence-electron chi connectivity index (χ4n) is 1.29. The van der Waals surface area contributed by atoms with Crippen LogP contribution in [0.25, 0.3) is 0 Å². The Balaban J connectivity index is 3.07. The molecule has 3 N–H and O–H groups in total. The van der Waals surface area contributed by atoms with Crippen molar-refractivity contribution in [2.24, 2.45) is 5.73 Å². The molecule has 0 saturated heterocycles. The van der Waals surface area contributed by atoms with Gasteiger partial charge in [0.05, 0.1) is 11.7 Å². The highest BCUT2D eigenvalue weighted by molar-refractivity contribution is 9.10. The van der Waals surface area contributed by atoms with E-state index < -0.39 is 17.8 Å². The number of alkyl halides is 3. The van der Waals surface area contributed by atoms with Crippen LogP contribution in [-0.2, 0) is 6.18 Å². The molecule has 0 bridgehead atoms. The van der Waals surface area contributed by atoms with Gasteiger partial charge < -0.3 is 10.8 Å². The molecule has 0 aliphatic carbocycles. The van der Waals surface area contributed by atoms with E-state index in [2.05, 4.69) is 15.9 Å². The molecule has 2 nitrogen and oxygen atoms in total. The molecule has 0 saturated carbocycles. The van der Waals surface area contributed by atoms with Gasteiger partial charge in [0.15, 0.2) is 0 Å². The molecular formula is C10H11BrF3NO. The Morgan fingerprint density at radius 1 is 1.38 bits per heavy atom. The molecule has 1 unspecified atom stereocenters. The summed E-state index contributed by atoms with van der Waals surface area (Å²) in [5.74, 6) is 0. The summed E-state index contributed by atoms with van der Waals surface area (Å²) >= 11 is 2.83. The summed E-state index contributed by atoms with van der Waals surface area (Å²) in [6, 6.07) is 3.65. The maximum Gasteiger partial charge on any atom is 0.417 e. The van der Waals surface area contributed by atoms with Gasteiger partial charge in [-0.3, -0.25) is 0 Å². The highest BCUT2D eigenvalue weighted by Crippen LogP contribution is 2.36. The van der Waals surface area contributed by atoms with Gasteiger partial charge in [-0.2, -0.15) is 13.2 Å². The third kappa shape index (κ3) is 3.20. The molecule has 0 heterocycles. The molecule has 16 heavy (non-hydrogen) atoms. The fourth-order valence-corrected chi connectivity index (χ4v) is 1.76. The van der Waals surface area contributed by atoms with Gasteiger partial charge in [-0.05, 0) is 30.7 Å². The van der Waals surface area contributed by atoms with Gasteiger partial charge >= 0.3 is 6.18 Å². The second kappa shape index (κ2) is 5.16. The number of benzene rings is 1. The first kappa shape index (κ1) is 13.5. The SMILES string of the molecule is NCCC(O)c1ccc(Br)c(C(F)(F)F)c1. The average molecular weight is 298 g/mol. The van der Waals surface area contributed by atoms with Crippen molar-refractivity contribution in [3.05, 3.63) is 33.8 Å². The Bertz CT molecular complexity index is 368. The minimum atomic E-state index is -4.43. The van der Waals surface area contributed by atoms with Crippen molar-refractivity contribution in [1.82, 2.24) is 0 Å². The number of halogens is 4.